The highest BCUT2D eigenvalue weighted by Gasteiger charge is 2.45. The zero-order chi connectivity index (χ0) is 58.2. The van der Waals surface area contributed by atoms with Crippen molar-refractivity contribution in [2.75, 3.05) is 52.2 Å². The molecule has 2 fully saturated rings. The van der Waals surface area contributed by atoms with Crippen LogP contribution in [-0.4, -0.2) is 167 Å². The van der Waals surface area contributed by atoms with Gasteiger partial charge in [0.1, 0.15) is 30.3 Å². The number of aliphatic hydroxyl groups excluding tert-OH is 2. The zero-order valence-electron chi connectivity index (χ0n) is 48.6. The lowest BCUT2D eigenvalue weighted by Gasteiger charge is -2.42. The van der Waals surface area contributed by atoms with Crippen molar-refractivity contribution in [3.8, 4) is 0 Å². The summed E-state index contributed by atoms with van der Waals surface area (Å²) >= 11 is 0. The number of nitrogens with one attached hydrogen (secondary N) is 3. The van der Waals surface area contributed by atoms with E-state index in [4.69, 9.17) is 18.9 Å². The largest absolute Gasteiger partial charge is 0.457 e. The van der Waals surface area contributed by atoms with E-state index in [9.17, 15) is 43.8 Å². The smallest absolute Gasteiger partial charge is 0.410 e. The molecule has 0 spiro atoms. The van der Waals surface area contributed by atoms with E-state index in [1.807, 2.05) is 97.0 Å². The van der Waals surface area contributed by atoms with Crippen molar-refractivity contribution in [1.82, 2.24) is 20.4 Å². The molecule has 19 nitrogen and oxygen atoms in total. The summed E-state index contributed by atoms with van der Waals surface area (Å²) < 4.78 is 24.9. The Balaban J connectivity index is 1.10. The highest BCUT2D eigenvalue weighted by molar-refractivity contribution is 6.12. The maximum absolute atomic E-state index is 14.0. The van der Waals surface area contributed by atoms with Crippen LogP contribution in [0.2, 0.25) is 0 Å². The Morgan fingerprint density at radius 2 is 1.62 bits per heavy atom. The molecule has 5 N–H and O–H groups in total. The van der Waals surface area contributed by atoms with E-state index < -0.39 is 59.9 Å². The Labute approximate surface area is 468 Å². The normalized spacial score (nSPS) is 27.0. The molecule has 12 atom stereocenters. The summed E-state index contributed by atoms with van der Waals surface area (Å²) in [5.41, 5.74) is 1.37. The number of unbranched alkanes of at least 4 members (excludes halogenated alkanes) is 2. The van der Waals surface area contributed by atoms with Crippen molar-refractivity contribution < 1.29 is 67.2 Å². The van der Waals surface area contributed by atoms with Crippen molar-refractivity contribution in [3.63, 3.8) is 0 Å². The number of ether oxygens (including phenoxy) is 4. The number of quaternary nitrogens is 1. The monoisotopic (exact) mass is 1100 g/mol. The predicted octanol–water partition coefficient (Wildman–Crippen LogP) is 6.28. The molecule has 2 saturated heterocycles. The fourth-order valence-corrected chi connectivity index (χ4v) is 10.4. The Hall–Kier alpha value is -5.73. The zero-order valence-corrected chi connectivity index (χ0v) is 48.6. The van der Waals surface area contributed by atoms with Gasteiger partial charge >= 0.3 is 12.1 Å². The van der Waals surface area contributed by atoms with E-state index in [0.717, 1.165) is 17.6 Å². The first kappa shape index (κ1) is 64.1. The number of piperazine rings is 1. The number of carbonyl (C=O) groups is 7. The Bertz CT molecular complexity index is 2360. The second-order valence-electron chi connectivity index (χ2n) is 23.2. The highest BCUT2D eigenvalue weighted by atomic mass is 16.6. The first-order valence-electron chi connectivity index (χ1n) is 28.5. The molecular formula is C60H91N6O13+. The molecule has 5 unspecified atom stereocenters. The molecule has 4 heterocycles. The fourth-order valence-electron chi connectivity index (χ4n) is 10.4. The third-order valence-electron chi connectivity index (χ3n) is 16.1. The van der Waals surface area contributed by atoms with Crippen molar-refractivity contribution in [2.24, 2.45) is 23.7 Å². The molecule has 1 aromatic rings. The van der Waals surface area contributed by atoms with Crippen LogP contribution >= 0.6 is 0 Å². The molecule has 6 amide bonds. The van der Waals surface area contributed by atoms with Gasteiger partial charge in [-0.3, -0.25) is 38.6 Å². The maximum atomic E-state index is 14.0. The lowest BCUT2D eigenvalue weighted by Crippen LogP contribution is -2.58. The molecule has 5 rings (SSSR count). The molecular weight excluding hydrogens is 1010 g/mol. The number of imide groups is 1. The first-order chi connectivity index (χ1) is 37.3. The number of likely N-dealkylation sites (N-methyl/N-ethyl adjacent to an activating group) is 1. The van der Waals surface area contributed by atoms with E-state index in [2.05, 4.69) is 36.0 Å². The number of allylic oxidation sites excluding steroid dienone is 3. The van der Waals surface area contributed by atoms with Crippen LogP contribution < -0.4 is 16.0 Å². The van der Waals surface area contributed by atoms with E-state index >= 15 is 0 Å². The van der Waals surface area contributed by atoms with Gasteiger partial charge in [0.25, 0.3) is 11.8 Å². The van der Waals surface area contributed by atoms with Gasteiger partial charge in [-0.25, -0.2) is 4.79 Å². The lowest BCUT2D eigenvalue weighted by molar-refractivity contribution is -0.926. The Morgan fingerprint density at radius 3 is 2.25 bits per heavy atom. The summed E-state index contributed by atoms with van der Waals surface area (Å²) in [5.74, 6) is -2.67. The van der Waals surface area contributed by atoms with Crippen molar-refractivity contribution in [3.05, 3.63) is 77.9 Å². The van der Waals surface area contributed by atoms with E-state index in [1.165, 1.54) is 17.1 Å². The number of epoxide rings is 1. The van der Waals surface area contributed by atoms with Gasteiger partial charge < -0.3 is 49.6 Å². The Kier molecular flexibility index (Phi) is 24.1. The number of methoxy groups -OCH3 is 1. The van der Waals surface area contributed by atoms with Gasteiger partial charge in [0, 0.05) is 55.3 Å². The summed E-state index contributed by atoms with van der Waals surface area (Å²) in [5, 5.41) is 29.6. The second-order valence-corrected chi connectivity index (χ2v) is 23.2. The summed E-state index contributed by atoms with van der Waals surface area (Å²) in [6.07, 6.45) is 12.7. The summed E-state index contributed by atoms with van der Waals surface area (Å²) in [6.45, 7) is 20.1. The first-order valence-corrected chi connectivity index (χ1v) is 28.5. The lowest BCUT2D eigenvalue weighted by atomic mass is 9.88. The van der Waals surface area contributed by atoms with Crippen LogP contribution in [0.1, 0.15) is 126 Å². The second kappa shape index (κ2) is 29.6. The standard InChI is InChI=1S/C60H90N6O13/c1-12-47(68)42(7)56-48(77-56)35-39(4)17-16-18-40(5)55-41(6)20-25-49(60(9,76-11)29-28-46(67)36-53(72)79-55)78-59(75)64-31-33-66(10,34-32-64)37-44-21-23-45(24-22-44)62-57(73)43(8)61-58(74)54(38(2)3)63-50(69)19-14-13-15-30-65-51(70)26-27-52(65)71/h16-18,20-27,38-39,41-43,46-49,54-56,67-68H,12-15,19,28-37H2,1-11H3,(H2-,61,62,63,69,73,74)/p+1/b17-16+,25-20+,40-18+/t39?,41-,42?,43?,46+,47?,48+,49-,54?,55+,56+,60+/m0/s1. The quantitative estimate of drug-likeness (QED) is 0.0146. The topological polar surface area (TPSA) is 243 Å². The van der Waals surface area contributed by atoms with Crippen LogP contribution in [0, 0.1) is 23.7 Å². The third-order valence-corrected chi connectivity index (χ3v) is 16.1. The number of anilines is 1. The van der Waals surface area contributed by atoms with Crippen LogP contribution in [0.3, 0.4) is 0 Å². The van der Waals surface area contributed by atoms with Gasteiger partial charge in [-0.1, -0.05) is 84.4 Å². The average molecular weight is 1100 g/mol. The minimum Gasteiger partial charge on any atom is -0.457 e. The molecule has 4 aliphatic rings. The predicted molar refractivity (Wildman–Crippen MR) is 299 cm³/mol. The third kappa shape index (κ3) is 19.2. The number of carbonyl (C=O) groups excluding carboxylic acids is 7. The summed E-state index contributed by atoms with van der Waals surface area (Å²) in [4.78, 5) is 92.8. The molecule has 0 bridgehead atoms. The summed E-state index contributed by atoms with van der Waals surface area (Å²) in [7, 11) is 3.69. The van der Waals surface area contributed by atoms with Crippen molar-refractivity contribution >= 4 is 47.3 Å². The van der Waals surface area contributed by atoms with Crippen molar-refractivity contribution in [1.29, 1.82) is 0 Å². The van der Waals surface area contributed by atoms with Crippen LogP contribution in [0.15, 0.2) is 72.4 Å². The van der Waals surface area contributed by atoms with E-state index in [1.54, 1.807) is 18.9 Å². The number of aliphatic hydroxyl groups is 2. The fraction of sp³-hybridized carbons (Fsp3) is 0.650. The summed E-state index contributed by atoms with van der Waals surface area (Å²) in [6, 6.07) is 5.75. The number of nitrogens with zero attached hydrogens (tertiary/aromatic N) is 3. The average Bonchev–Trinajstić information content (AvgIpc) is 4.15. The molecule has 0 aliphatic carbocycles. The minimum atomic E-state index is -1.02. The van der Waals surface area contributed by atoms with Crippen LogP contribution in [-0.2, 0) is 54.3 Å². The SMILES string of the molecule is CCC(O)C(C)[C@H]1O[C@@H]1CC(C)/C=C/C=C(\C)[C@H]1OC(=O)C[C@H](O)CC[C@@](C)(OC)[C@@H](OC(=O)N2CC[N+](C)(Cc3ccc(NC(=O)C(C)NC(=O)C(NC(=O)CCCCCN4C(=O)C=CC4=O)C(C)C)cc3)CC2)/C=C/[C@@H]1C. The molecule has 0 aromatic heterocycles. The van der Waals surface area contributed by atoms with Gasteiger partial charge in [0.05, 0.1) is 64.1 Å². The van der Waals surface area contributed by atoms with E-state index in [0.29, 0.717) is 75.0 Å². The number of cyclic esters (lactones) is 1. The molecule has 438 valence electrons. The van der Waals surface area contributed by atoms with Gasteiger partial charge in [0.2, 0.25) is 17.7 Å². The van der Waals surface area contributed by atoms with Gasteiger partial charge in [-0.05, 0) is 94.9 Å². The maximum Gasteiger partial charge on any atom is 0.410 e. The number of esters is 1. The van der Waals surface area contributed by atoms with Gasteiger partial charge in [-0.2, -0.15) is 0 Å². The molecule has 79 heavy (non-hydrogen) atoms. The van der Waals surface area contributed by atoms with E-state index in [-0.39, 0.29) is 85.5 Å². The number of benzene rings is 1. The van der Waals surface area contributed by atoms with Gasteiger partial charge in [0.15, 0.2) is 6.10 Å². The van der Waals surface area contributed by atoms with Crippen LogP contribution in [0.5, 0.6) is 0 Å². The molecule has 0 radical (unpaired) electrons. The number of rotatable bonds is 24. The van der Waals surface area contributed by atoms with Crippen LogP contribution in [0.4, 0.5) is 10.5 Å². The van der Waals surface area contributed by atoms with Gasteiger partial charge in [-0.15, -0.1) is 0 Å². The van der Waals surface area contributed by atoms with Crippen molar-refractivity contribution in [2.45, 2.75) is 181 Å². The number of hydrogen-bond donors (Lipinski definition) is 5. The number of hydrogen-bond acceptors (Lipinski definition) is 13. The Morgan fingerprint density at radius 1 is 0.949 bits per heavy atom. The highest BCUT2D eigenvalue weighted by Crippen LogP contribution is 2.37. The molecule has 0 saturated carbocycles. The minimum absolute atomic E-state index is 0.0654. The number of amides is 6. The van der Waals surface area contributed by atoms with Crippen LogP contribution in [0.25, 0.3) is 0 Å². The molecule has 1 aromatic carbocycles. The molecule has 19 heteroatoms. The molecule has 4 aliphatic heterocycles.